The quantitative estimate of drug-likeness (QED) is 0.689. The number of benzene rings is 1. The van der Waals surface area contributed by atoms with Crippen molar-refractivity contribution in [3.63, 3.8) is 0 Å². The van der Waals surface area contributed by atoms with Crippen LogP contribution in [0, 0.1) is 0 Å². The maximum Gasteiger partial charge on any atom is 0.0530 e. The fraction of sp³-hybridized carbons (Fsp3) is 0.222. The predicted octanol–water partition coefficient (Wildman–Crippen LogP) is 0.355. The van der Waals surface area contributed by atoms with Crippen LogP contribution in [0.2, 0.25) is 0 Å². The first kappa shape index (κ1) is 10.2. The van der Waals surface area contributed by atoms with Crippen LogP contribution in [0.5, 0.6) is 0 Å². The first-order valence-corrected chi connectivity index (χ1v) is 5.67. The van der Waals surface area contributed by atoms with Crippen molar-refractivity contribution in [3.8, 4) is 0 Å². The average molecular weight is 198 g/mol. The lowest BCUT2D eigenvalue weighted by Crippen LogP contribution is -2.18. The standard InChI is InChI=1S/C9H14N2OS/c1-11-13(2,12)9-5-3-8(7-10)4-6-9/h3-6H,2,7,10H2,1H3,(H,11,12). The van der Waals surface area contributed by atoms with Gasteiger partial charge in [0.05, 0.1) is 9.71 Å². The molecule has 1 rings (SSSR count). The molecule has 0 saturated carbocycles. The Kier molecular flexibility index (Phi) is 3.08. The molecule has 3 N–H and O–H groups in total. The summed E-state index contributed by atoms with van der Waals surface area (Å²) in [4.78, 5) is 0.701. The highest BCUT2D eigenvalue weighted by Gasteiger charge is 2.03. The zero-order valence-electron chi connectivity index (χ0n) is 7.62. The van der Waals surface area contributed by atoms with E-state index < -0.39 is 9.71 Å². The summed E-state index contributed by atoms with van der Waals surface area (Å²) in [6.45, 7) is 0.498. The minimum atomic E-state index is -2.31. The molecule has 0 bridgehead atoms. The van der Waals surface area contributed by atoms with E-state index in [4.69, 9.17) is 5.73 Å². The smallest absolute Gasteiger partial charge is 0.0530 e. The third kappa shape index (κ3) is 2.30. The van der Waals surface area contributed by atoms with E-state index in [1.807, 2.05) is 12.1 Å². The van der Waals surface area contributed by atoms with Crippen molar-refractivity contribution in [1.29, 1.82) is 0 Å². The van der Waals surface area contributed by atoms with E-state index in [1.54, 1.807) is 19.2 Å². The van der Waals surface area contributed by atoms with Gasteiger partial charge in [-0.25, -0.2) is 8.93 Å². The molecule has 0 aliphatic heterocycles. The molecule has 4 heteroatoms. The molecule has 0 radical (unpaired) electrons. The molecule has 1 aromatic rings. The molecule has 1 aromatic carbocycles. The van der Waals surface area contributed by atoms with Crippen LogP contribution in [-0.2, 0) is 16.3 Å². The minimum Gasteiger partial charge on any atom is -0.326 e. The number of nitrogens with two attached hydrogens (primary N) is 1. The molecule has 0 amide bonds. The van der Waals surface area contributed by atoms with Crippen molar-refractivity contribution in [2.75, 3.05) is 7.05 Å². The topological polar surface area (TPSA) is 55.1 Å². The number of rotatable bonds is 3. The van der Waals surface area contributed by atoms with Crippen molar-refractivity contribution in [2.45, 2.75) is 11.4 Å². The van der Waals surface area contributed by atoms with Gasteiger partial charge < -0.3 is 5.73 Å². The van der Waals surface area contributed by atoms with Crippen LogP contribution < -0.4 is 10.5 Å². The van der Waals surface area contributed by atoms with Crippen LogP contribution in [0.15, 0.2) is 29.2 Å². The summed E-state index contributed by atoms with van der Waals surface area (Å²) in [6.07, 6.45) is 0. The maximum absolute atomic E-state index is 11.7. The highest BCUT2D eigenvalue weighted by Crippen LogP contribution is 2.09. The first-order chi connectivity index (χ1) is 6.10. The van der Waals surface area contributed by atoms with E-state index in [0.717, 1.165) is 5.56 Å². The van der Waals surface area contributed by atoms with E-state index in [2.05, 4.69) is 10.6 Å². The third-order valence-electron chi connectivity index (χ3n) is 1.87. The lowest BCUT2D eigenvalue weighted by Gasteiger charge is -2.07. The Balaban J connectivity index is 3.06. The van der Waals surface area contributed by atoms with Gasteiger partial charge in [-0.2, -0.15) is 0 Å². The third-order valence-corrected chi connectivity index (χ3v) is 3.56. The van der Waals surface area contributed by atoms with Gasteiger partial charge >= 0.3 is 0 Å². The second-order valence-electron chi connectivity index (χ2n) is 2.73. The predicted molar refractivity (Wildman–Crippen MR) is 56.9 cm³/mol. The molecule has 0 spiro atoms. The summed E-state index contributed by atoms with van der Waals surface area (Å²) in [5.74, 6) is 3.60. The summed E-state index contributed by atoms with van der Waals surface area (Å²) in [5.41, 5.74) is 6.46. The Morgan fingerprint density at radius 2 is 2.00 bits per heavy atom. The van der Waals surface area contributed by atoms with Gasteiger partial charge in [-0.3, -0.25) is 0 Å². The van der Waals surface area contributed by atoms with Gasteiger partial charge in [0.15, 0.2) is 0 Å². The van der Waals surface area contributed by atoms with E-state index in [9.17, 15) is 4.21 Å². The second-order valence-corrected chi connectivity index (χ2v) is 4.96. The molecule has 0 fully saturated rings. The summed E-state index contributed by atoms with van der Waals surface area (Å²) >= 11 is 0. The molecule has 3 nitrogen and oxygen atoms in total. The molecule has 0 aromatic heterocycles. The Labute approximate surface area is 79.1 Å². The number of hydrogen-bond donors (Lipinski definition) is 2. The molecule has 0 heterocycles. The molecule has 13 heavy (non-hydrogen) atoms. The van der Waals surface area contributed by atoms with Gasteiger partial charge in [-0.05, 0) is 30.6 Å². The largest absolute Gasteiger partial charge is 0.326 e. The Bertz CT molecular complexity index is 367. The average Bonchev–Trinajstić information content (AvgIpc) is 2.18. The molecular formula is C9H14N2OS. The fourth-order valence-corrected chi connectivity index (χ4v) is 1.77. The number of nitrogens with one attached hydrogen (secondary N) is 1. The van der Waals surface area contributed by atoms with E-state index in [0.29, 0.717) is 11.4 Å². The summed E-state index contributed by atoms with van der Waals surface area (Å²) in [7, 11) is -0.683. The zero-order valence-corrected chi connectivity index (χ0v) is 8.43. The van der Waals surface area contributed by atoms with E-state index in [-0.39, 0.29) is 0 Å². The Morgan fingerprint density at radius 1 is 1.46 bits per heavy atom. The van der Waals surface area contributed by atoms with Crippen LogP contribution >= 0.6 is 0 Å². The van der Waals surface area contributed by atoms with Crippen molar-refractivity contribution >= 4 is 15.6 Å². The van der Waals surface area contributed by atoms with E-state index >= 15 is 0 Å². The number of hydrogen-bond acceptors (Lipinski definition) is 2. The normalized spacial score (nSPS) is 15.2. The van der Waals surface area contributed by atoms with Crippen molar-refractivity contribution in [1.82, 2.24) is 4.72 Å². The molecular weight excluding hydrogens is 184 g/mol. The second kappa shape index (κ2) is 3.91. The van der Waals surface area contributed by atoms with Crippen molar-refractivity contribution < 1.29 is 4.21 Å². The van der Waals surface area contributed by atoms with Gasteiger partial charge in [0, 0.05) is 11.4 Å². The zero-order chi connectivity index (χ0) is 9.90. The van der Waals surface area contributed by atoms with Gasteiger partial charge in [0.25, 0.3) is 0 Å². The monoisotopic (exact) mass is 198 g/mol. The SMILES string of the molecule is C=S(=O)(NC)c1ccc(CN)cc1. The lowest BCUT2D eigenvalue weighted by molar-refractivity contribution is 0.675. The first-order valence-electron chi connectivity index (χ1n) is 3.95. The molecule has 72 valence electrons. The highest BCUT2D eigenvalue weighted by molar-refractivity contribution is 7.98. The molecule has 0 aliphatic carbocycles. The Morgan fingerprint density at radius 3 is 2.38 bits per heavy atom. The minimum absolute atomic E-state index is 0.498. The van der Waals surface area contributed by atoms with Crippen molar-refractivity contribution in [3.05, 3.63) is 29.8 Å². The fourth-order valence-electron chi connectivity index (χ4n) is 0.963. The summed E-state index contributed by atoms with van der Waals surface area (Å²) in [6, 6.07) is 7.29. The summed E-state index contributed by atoms with van der Waals surface area (Å²) in [5, 5.41) is 0. The Hall–Kier alpha value is -0.840. The van der Waals surface area contributed by atoms with Gasteiger partial charge in [0.1, 0.15) is 0 Å². The summed E-state index contributed by atoms with van der Waals surface area (Å²) < 4.78 is 14.4. The van der Waals surface area contributed by atoms with Crippen LogP contribution in [0.25, 0.3) is 0 Å². The lowest BCUT2D eigenvalue weighted by atomic mass is 10.2. The van der Waals surface area contributed by atoms with Crippen LogP contribution in [-0.4, -0.2) is 17.1 Å². The maximum atomic E-state index is 11.7. The molecule has 1 atom stereocenters. The van der Waals surface area contributed by atoms with Gasteiger partial charge in [-0.15, -0.1) is 0 Å². The van der Waals surface area contributed by atoms with E-state index in [1.165, 1.54) is 0 Å². The van der Waals surface area contributed by atoms with Gasteiger partial charge in [0.2, 0.25) is 0 Å². The van der Waals surface area contributed by atoms with Crippen LogP contribution in [0.4, 0.5) is 0 Å². The van der Waals surface area contributed by atoms with Crippen LogP contribution in [0.1, 0.15) is 5.56 Å². The molecule has 1 unspecified atom stereocenters. The molecule has 0 saturated heterocycles. The molecule has 0 aliphatic rings. The highest BCUT2D eigenvalue weighted by atomic mass is 32.2. The van der Waals surface area contributed by atoms with Crippen LogP contribution in [0.3, 0.4) is 0 Å². The van der Waals surface area contributed by atoms with Gasteiger partial charge in [-0.1, -0.05) is 12.1 Å². The van der Waals surface area contributed by atoms with Crippen molar-refractivity contribution in [2.24, 2.45) is 5.73 Å².